The zero-order valence-corrected chi connectivity index (χ0v) is 12.7. The van der Waals surface area contributed by atoms with Crippen molar-refractivity contribution in [3.05, 3.63) is 28.5 Å². The van der Waals surface area contributed by atoms with Gasteiger partial charge in [0.2, 0.25) is 0 Å². The molecule has 0 bridgehead atoms. The number of aromatic hydroxyl groups is 1. The minimum atomic E-state index is -0.843. The van der Waals surface area contributed by atoms with Gasteiger partial charge in [0.25, 0.3) is 0 Å². The van der Waals surface area contributed by atoms with Gasteiger partial charge >= 0.3 is 7.12 Å². The highest BCUT2D eigenvalue weighted by atomic mass is 35.5. The monoisotopic (exact) mass is 301 g/mol. The Morgan fingerprint density at radius 3 is 2.25 bits per heavy atom. The topological polar surface area (TPSA) is 64.7 Å². The van der Waals surface area contributed by atoms with Crippen LogP contribution in [0.25, 0.3) is 0 Å². The minimum absolute atomic E-state index is 0.0908. The summed E-state index contributed by atoms with van der Waals surface area (Å²) in [5, 5.41) is 9.83. The molecule has 0 aromatic heterocycles. The van der Waals surface area contributed by atoms with Crippen LogP contribution in [0.1, 0.15) is 39.2 Å². The Kier molecular flexibility index (Phi) is 3.80. The van der Waals surface area contributed by atoms with E-state index in [2.05, 4.69) is 0 Å². The Balaban J connectivity index is 2.32. The summed E-state index contributed by atoms with van der Waals surface area (Å²) in [6.45, 7) is 7.55. The SMILES string of the molecule is CC1(C)OB([C@@H](N)c2cc(F)cc(Cl)c2O)OC1(C)C. The van der Waals surface area contributed by atoms with Gasteiger partial charge in [-0.15, -0.1) is 0 Å². The number of rotatable bonds is 2. The maximum Gasteiger partial charge on any atom is 0.480 e. The first-order valence-corrected chi connectivity index (χ1v) is 6.72. The fraction of sp³-hybridized carbons (Fsp3) is 0.538. The van der Waals surface area contributed by atoms with Crippen LogP contribution in [0, 0.1) is 5.82 Å². The van der Waals surface area contributed by atoms with E-state index in [1.807, 2.05) is 27.7 Å². The number of benzene rings is 1. The molecule has 3 N–H and O–H groups in total. The van der Waals surface area contributed by atoms with Crippen molar-refractivity contribution in [1.29, 1.82) is 0 Å². The molecule has 4 nitrogen and oxygen atoms in total. The lowest BCUT2D eigenvalue weighted by molar-refractivity contribution is 0.00578. The van der Waals surface area contributed by atoms with E-state index < -0.39 is 30.1 Å². The van der Waals surface area contributed by atoms with E-state index in [9.17, 15) is 9.50 Å². The first kappa shape index (κ1) is 15.6. The molecular formula is C13H18BClFNO3. The molecule has 0 amide bonds. The molecule has 1 aliphatic heterocycles. The van der Waals surface area contributed by atoms with E-state index in [4.69, 9.17) is 26.6 Å². The summed E-state index contributed by atoms with van der Waals surface area (Å²) in [5.74, 6) is -1.67. The van der Waals surface area contributed by atoms with Gasteiger partial charge in [0.05, 0.1) is 22.2 Å². The van der Waals surface area contributed by atoms with Crippen LogP contribution in [0.3, 0.4) is 0 Å². The number of phenols is 1. The third-order valence-electron chi connectivity index (χ3n) is 3.98. The highest BCUT2D eigenvalue weighted by Gasteiger charge is 2.53. The summed E-state index contributed by atoms with van der Waals surface area (Å²) in [7, 11) is -0.788. The van der Waals surface area contributed by atoms with Crippen LogP contribution in [-0.4, -0.2) is 23.4 Å². The lowest BCUT2D eigenvalue weighted by Gasteiger charge is -2.32. The third-order valence-corrected chi connectivity index (χ3v) is 4.27. The van der Waals surface area contributed by atoms with Crippen molar-refractivity contribution in [2.75, 3.05) is 0 Å². The molecule has 110 valence electrons. The molecule has 0 unspecified atom stereocenters. The Morgan fingerprint density at radius 1 is 1.25 bits per heavy atom. The quantitative estimate of drug-likeness (QED) is 0.825. The smallest absolute Gasteiger partial charge is 0.480 e. The maximum absolute atomic E-state index is 13.4. The lowest BCUT2D eigenvalue weighted by Crippen LogP contribution is -2.41. The van der Waals surface area contributed by atoms with Gasteiger partial charge < -0.3 is 20.1 Å². The summed E-state index contributed by atoms with van der Waals surface area (Å²) in [5.41, 5.74) is 5.10. The van der Waals surface area contributed by atoms with Gasteiger partial charge in [0, 0.05) is 5.56 Å². The zero-order chi connectivity index (χ0) is 15.3. The molecule has 1 heterocycles. The largest absolute Gasteiger partial charge is 0.506 e. The molecule has 7 heteroatoms. The summed E-state index contributed by atoms with van der Waals surface area (Å²) in [6.07, 6.45) is 0. The molecule has 20 heavy (non-hydrogen) atoms. The lowest BCUT2D eigenvalue weighted by atomic mass is 9.74. The van der Waals surface area contributed by atoms with Gasteiger partial charge in [-0.25, -0.2) is 4.39 Å². The molecule has 1 aromatic carbocycles. The fourth-order valence-corrected chi connectivity index (χ4v) is 2.24. The van der Waals surface area contributed by atoms with Crippen LogP contribution < -0.4 is 5.73 Å². The highest BCUT2D eigenvalue weighted by molar-refractivity contribution is 6.47. The molecule has 0 aliphatic carbocycles. The van der Waals surface area contributed by atoms with E-state index in [1.165, 1.54) is 0 Å². The van der Waals surface area contributed by atoms with E-state index in [0.29, 0.717) is 0 Å². The summed E-state index contributed by atoms with van der Waals surface area (Å²) < 4.78 is 25.0. The van der Waals surface area contributed by atoms with Crippen molar-refractivity contribution in [3.63, 3.8) is 0 Å². The predicted octanol–water partition coefficient (Wildman–Crippen LogP) is 2.82. The molecule has 0 saturated carbocycles. The van der Waals surface area contributed by atoms with Crippen LogP contribution in [0.4, 0.5) is 4.39 Å². The van der Waals surface area contributed by atoms with Gasteiger partial charge in [-0.05, 0) is 39.8 Å². The molecule has 1 saturated heterocycles. The van der Waals surface area contributed by atoms with Gasteiger partial charge in [-0.1, -0.05) is 11.6 Å². The Labute approximate surface area is 123 Å². The summed E-state index contributed by atoms with van der Waals surface area (Å²) in [4.78, 5) is 0. The Hall–Kier alpha value is -0.815. The number of hydrogen-bond acceptors (Lipinski definition) is 4. The normalized spacial score (nSPS) is 22.1. The second kappa shape index (κ2) is 4.88. The molecule has 2 rings (SSSR count). The molecule has 1 aliphatic rings. The first-order chi connectivity index (χ1) is 9.05. The molecule has 1 aromatic rings. The number of phenolic OH excluding ortho intramolecular Hbond substituents is 1. The molecule has 0 spiro atoms. The molecule has 1 atom stereocenters. The molecule has 1 fully saturated rings. The van der Waals surface area contributed by atoms with Crippen LogP contribution >= 0.6 is 11.6 Å². The Bertz CT molecular complexity index is 523. The van der Waals surface area contributed by atoms with Crippen molar-refractivity contribution >= 4 is 18.7 Å². The fourth-order valence-electron chi connectivity index (χ4n) is 2.02. The second-order valence-electron chi connectivity index (χ2n) is 5.98. The van der Waals surface area contributed by atoms with Gasteiger partial charge in [-0.2, -0.15) is 0 Å². The average molecular weight is 302 g/mol. The van der Waals surface area contributed by atoms with Crippen LogP contribution in [0.15, 0.2) is 12.1 Å². The van der Waals surface area contributed by atoms with Gasteiger partial charge in [0.15, 0.2) is 0 Å². The number of hydrogen-bond donors (Lipinski definition) is 2. The van der Waals surface area contributed by atoms with Crippen molar-refractivity contribution in [2.24, 2.45) is 5.73 Å². The van der Waals surface area contributed by atoms with Crippen molar-refractivity contribution in [2.45, 2.75) is 44.8 Å². The van der Waals surface area contributed by atoms with Crippen molar-refractivity contribution in [1.82, 2.24) is 0 Å². The van der Waals surface area contributed by atoms with E-state index in [1.54, 1.807) is 0 Å². The predicted molar refractivity (Wildman–Crippen MR) is 76.1 cm³/mol. The zero-order valence-electron chi connectivity index (χ0n) is 11.9. The van der Waals surface area contributed by atoms with Crippen LogP contribution in [0.2, 0.25) is 5.02 Å². The second-order valence-corrected chi connectivity index (χ2v) is 6.38. The van der Waals surface area contributed by atoms with Gasteiger partial charge in [0.1, 0.15) is 11.6 Å². The van der Waals surface area contributed by atoms with E-state index in [0.717, 1.165) is 12.1 Å². The minimum Gasteiger partial charge on any atom is -0.506 e. The Morgan fingerprint density at radius 2 is 1.75 bits per heavy atom. The summed E-state index contributed by atoms with van der Waals surface area (Å²) >= 11 is 5.75. The number of halogens is 2. The maximum atomic E-state index is 13.4. The van der Waals surface area contributed by atoms with E-state index in [-0.39, 0.29) is 16.3 Å². The van der Waals surface area contributed by atoms with Crippen LogP contribution in [0.5, 0.6) is 5.75 Å². The first-order valence-electron chi connectivity index (χ1n) is 6.34. The van der Waals surface area contributed by atoms with Crippen molar-refractivity contribution < 1.29 is 18.8 Å². The number of nitrogens with two attached hydrogens (primary N) is 1. The average Bonchev–Trinajstić information content (AvgIpc) is 2.52. The molecular weight excluding hydrogens is 283 g/mol. The van der Waals surface area contributed by atoms with Crippen LogP contribution in [-0.2, 0) is 9.31 Å². The van der Waals surface area contributed by atoms with Crippen molar-refractivity contribution in [3.8, 4) is 5.75 Å². The third kappa shape index (κ3) is 2.53. The summed E-state index contributed by atoms with van der Waals surface area (Å²) in [6, 6.07) is 2.16. The molecule has 0 radical (unpaired) electrons. The van der Waals surface area contributed by atoms with Gasteiger partial charge in [-0.3, -0.25) is 0 Å². The standard InChI is InChI=1S/C13H18BClFNO3/c1-12(2)13(3,4)20-14(19-12)11(17)8-5-7(16)6-9(15)10(8)18/h5-6,11,18H,17H2,1-4H3/t11-/m0/s1. The van der Waals surface area contributed by atoms with E-state index >= 15 is 0 Å². The highest BCUT2D eigenvalue weighted by Crippen LogP contribution is 2.41.